The molecule has 1 aliphatic heterocycles. The van der Waals surface area contributed by atoms with E-state index in [2.05, 4.69) is 9.97 Å². The minimum atomic E-state index is -3.16. The Morgan fingerprint density at radius 3 is 2.44 bits per heavy atom. The van der Waals surface area contributed by atoms with Crippen molar-refractivity contribution in [3.8, 4) is 0 Å². The standard InChI is InChI=1S/C15H20Cl2F2N4O2/c1-9-20-11(17)10(16)12(21-9)22-5-6-23(8-15(18,19)7-22)13(24)25-14(2,3)4/h5-8H2,1-4H3. The lowest BCUT2D eigenvalue weighted by Gasteiger charge is -2.27. The second-order valence-electron chi connectivity index (χ2n) is 6.88. The van der Waals surface area contributed by atoms with Gasteiger partial charge in [-0.05, 0) is 27.7 Å². The second kappa shape index (κ2) is 7.07. The maximum Gasteiger partial charge on any atom is 0.410 e. The molecular formula is C15H20Cl2F2N4O2. The van der Waals surface area contributed by atoms with Crippen molar-refractivity contribution in [3.63, 3.8) is 0 Å². The maximum absolute atomic E-state index is 14.4. The van der Waals surface area contributed by atoms with Crippen LogP contribution in [0.3, 0.4) is 0 Å². The van der Waals surface area contributed by atoms with E-state index in [0.717, 1.165) is 4.90 Å². The monoisotopic (exact) mass is 396 g/mol. The van der Waals surface area contributed by atoms with Crippen LogP contribution in [0.25, 0.3) is 0 Å². The Kier molecular flexibility index (Phi) is 5.63. The number of halogens is 4. The number of aromatic nitrogens is 2. The molecule has 0 radical (unpaired) electrons. The van der Waals surface area contributed by atoms with E-state index in [4.69, 9.17) is 27.9 Å². The molecule has 1 aromatic heterocycles. The van der Waals surface area contributed by atoms with E-state index in [0.29, 0.717) is 5.82 Å². The Hall–Kier alpha value is -1.41. The Morgan fingerprint density at radius 1 is 1.20 bits per heavy atom. The number of ether oxygens (including phenoxy) is 1. The molecule has 25 heavy (non-hydrogen) atoms. The zero-order chi connectivity index (χ0) is 19.0. The van der Waals surface area contributed by atoms with Gasteiger partial charge in [-0.2, -0.15) is 0 Å². The van der Waals surface area contributed by atoms with Crippen LogP contribution in [-0.4, -0.2) is 58.7 Å². The number of aryl methyl sites for hydroxylation is 1. The van der Waals surface area contributed by atoms with E-state index < -0.39 is 30.7 Å². The first-order valence-electron chi connectivity index (χ1n) is 7.68. The lowest BCUT2D eigenvalue weighted by molar-refractivity contribution is -0.0285. The fraction of sp³-hybridized carbons (Fsp3) is 0.667. The maximum atomic E-state index is 14.4. The van der Waals surface area contributed by atoms with Gasteiger partial charge in [0.05, 0.1) is 13.1 Å². The molecule has 0 N–H and O–H groups in total. The lowest BCUT2D eigenvalue weighted by atomic mass is 10.2. The molecule has 0 bridgehead atoms. The molecule has 1 fully saturated rings. The van der Waals surface area contributed by atoms with Crippen molar-refractivity contribution >= 4 is 35.1 Å². The number of hydrogen-bond donors (Lipinski definition) is 0. The van der Waals surface area contributed by atoms with Gasteiger partial charge in [-0.3, -0.25) is 0 Å². The van der Waals surface area contributed by atoms with E-state index in [1.54, 1.807) is 27.7 Å². The molecule has 6 nitrogen and oxygen atoms in total. The summed E-state index contributed by atoms with van der Waals surface area (Å²) in [5.74, 6) is -2.71. The first kappa shape index (κ1) is 19.9. The van der Waals surface area contributed by atoms with Crippen LogP contribution < -0.4 is 4.90 Å². The average molecular weight is 397 g/mol. The molecule has 1 aliphatic rings. The van der Waals surface area contributed by atoms with Crippen molar-refractivity contribution in [2.75, 3.05) is 31.1 Å². The van der Waals surface area contributed by atoms with E-state index >= 15 is 0 Å². The molecule has 140 valence electrons. The highest BCUT2D eigenvalue weighted by molar-refractivity contribution is 6.42. The molecule has 0 saturated carbocycles. The zero-order valence-electron chi connectivity index (χ0n) is 14.4. The molecule has 1 saturated heterocycles. The van der Waals surface area contributed by atoms with Crippen LogP contribution in [0, 0.1) is 6.92 Å². The summed E-state index contributed by atoms with van der Waals surface area (Å²) in [4.78, 5) is 22.5. The van der Waals surface area contributed by atoms with Crippen LogP contribution in [0.1, 0.15) is 26.6 Å². The van der Waals surface area contributed by atoms with Crippen molar-refractivity contribution in [1.82, 2.24) is 14.9 Å². The van der Waals surface area contributed by atoms with Crippen LogP contribution in [0.15, 0.2) is 0 Å². The van der Waals surface area contributed by atoms with Crippen LogP contribution in [0.2, 0.25) is 10.2 Å². The summed E-state index contributed by atoms with van der Waals surface area (Å²) in [7, 11) is 0. The number of anilines is 1. The molecule has 0 atom stereocenters. The van der Waals surface area contributed by atoms with Crippen molar-refractivity contribution in [3.05, 3.63) is 16.0 Å². The summed E-state index contributed by atoms with van der Waals surface area (Å²) in [5, 5.41) is 0.00881. The van der Waals surface area contributed by atoms with E-state index in [1.165, 1.54) is 4.90 Å². The molecule has 1 amide bonds. The number of rotatable bonds is 1. The number of amides is 1. The van der Waals surface area contributed by atoms with Crippen molar-refractivity contribution in [1.29, 1.82) is 0 Å². The molecule has 1 aromatic rings. The summed E-state index contributed by atoms with van der Waals surface area (Å²) in [5.41, 5.74) is -0.765. The Morgan fingerprint density at radius 2 is 1.84 bits per heavy atom. The number of hydrogen-bond acceptors (Lipinski definition) is 5. The van der Waals surface area contributed by atoms with E-state index in [1.807, 2.05) is 0 Å². The summed E-state index contributed by atoms with van der Waals surface area (Å²) in [6.45, 7) is 5.40. The van der Waals surface area contributed by atoms with Crippen molar-refractivity contribution in [2.24, 2.45) is 0 Å². The first-order chi connectivity index (χ1) is 11.4. The topological polar surface area (TPSA) is 58.6 Å². The van der Waals surface area contributed by atoms with Gasteiger partial charge in [-0.25, -0.2) is 23.5 Å². The molecular weight excluding hydrogens is 377 g/mol. The number of alkyl halides is 2. The highest BCUT2D eigenvalue weighted by Gasteiger charge is 2.41. The van der Waals surface area contributed by atoms with Crippen LogP contribution in [0.4, 0.5) is 19.4 Å². The minimum Gasteiger partial charge on any atom is -0.444 e. The third-order valence-corrected chi connectivity index (χ3v) is 4.06. The smallest absolute Gasteiger partial charge is 0.410 e. The van der Waals surface area contributed by atoms with Gasteiger partial charge in [0.1, 0.15) is 16.4 Å². The predicted octanol–water partition coefficient (Wildman–Crippen LogP) is 3.78. The molecule has 2 heterocycles. The third kappa shape index (κ3) is 5.28. The van der Waals surface area contributed by atoms with Crippen LogP contribution in [0.5, 0.6) is 0 Å². The SMILES string of the molecule is Cc1nc(Cl)c(Cl)c(N2CCN(C(=O)OC(C)(C)C)CC(F)(F)C2)n1. The Labute approximate surface area is 155 Å². The summed E-state index contributed by atoms with van der Waals surface area (Å²) in [6.07, 6.45) is -0.781. The summed E-state index contributed by atoms with van der Waals surface area (Å²) in [6, 6.07) is 0. The Bertz CT molecular complexity index is 668. The molecule has 0 aliphatic carbocycles. The van der Waals surface area contributed by atoms with Gasteiger partial charge in [-0.1, -0.05) is 23.2 Å². The highest BCUT2D eigenvalue weighted by atomic mass is 35.5. The molecule has 0 spiro atoms. The van der Waals surface area contributed by atoms with Gasteiger partial charge in [0, 0.05) is 13.1 Å². The quantitative estimate of drug-likeness (QED) is 0.675. The molecule has 10 heteroatoms. The fourth-order valence-corrected chi connectivity index (χ4v) is 2.80. The van der Waals surface area contributed by atoms with E-state index in [-0.39, 0.29) is 29.1 Å². The van der Waals surface area contributed by atoms with Gasteiger partial charge in [0.25, 0.3) is 5.92 Å². The predicted molar refractivity (Wildman–Crippen MR) is 91.8 cm³/mol. The van der Waals surface area contributed by atoms with Gasteiger partial charge in [0.2, 0.25) is 0 Å². The van der Waals surface area contributed by atoms with E-state index in [9.17, 15) is 13.6 Å². The number of carbonyl (C=O) groups excluding carboxylic acids is 1. The van der Waals surface area contributed by atoms with Crippen molar-refractivity contribution < 1.29 is 18.3 Å². The molecule has 0 unspecified atom stereocenters. The average Bonchev–Trinajstić information content (AvgIpc) is 2.59. The molecule has 2 rings (SSSR count). The van der Waals surface area contributed by atoms with Gasteiger partial charge in [0.15, 0.2) is 11.0 Å². The van der Waals surface area contributed by atoms with Crippen LogP contribution >= 0.6 is 23.2 Å². The number of nitrogens with zero attached hydrogens (tertiary/aromatic N) is 4. The zero-order valence-corrected chi connectivity index (χ0v) is 16.0. The molecule has 0 aromatic carbocycles. The largest absolute Gasteiger partial charge is 0.444 e. The second-order valence-corrected chi connectivity index (χ2v) is 7.61. The lowest BCUT2D eigenvalue weighted by Crippen LogP contribution is -2.44. The fourth-order valence-electron chi connectivity index (χ4n) is 2.39. The Balaban J connectivity index is 2.25. The van der Waals surface area contributed by atoms with Gasteiger partial charge < -0.3 is 14.5 Å². The van der Waals surface area contributed by atoms with Gasteiger partial charge >= 0.3 is 6.09 Å². The van der Waals surface area contributed by atoms with Gasteiger partial charge in [-0.15, -0.1) is 0 Å². The van der Waals surface area contributed by atoms with Crippen LogP contribution in [-0.2, 0) is 4.74 Å². The first-order valence-corrected chi connectivity index (χ1v) is 8.44. The summed E-state index contributed by atoms with van der Waals surface area (Å²) < 4.78 is 33.9. The minimum absolute atomic E-state index is 0.000674. The summed E-state index contributed by atoms with van der Waals surface area (Å²) >= 11 is 12.0. The van der Waals surface area contributed by atoms with Crippen molar-refractivity contribution in [2.45, 2.75) is 39.2 Å². The highest BCUT2D eigenvalue weighted by Crippen LogP contribution is 2.32. The normalized spacial score (nSPS) is 18.1. The third-order valence-electron chi connectivity index (χ3n) is 3.34. The number of carbonyl (C=O) groups is 1.